The monoisotopic (exact) mass is 501 g/mol. The van der Waals surface area contributed by atoms with Crippen LogP contribution in [0, 0.1) is 6.92 Å². The van der Waals surface area contributed by atoms with Crippen molar-refractivity contribution >= 4 is 34.0 Å². The van der Waals surface area contributed by atoms with Crippen LogP contribution in [0.1, 0.15) is 48.1 Å². The second-order valence-electron chi connectivity index (χ2n) is 9.52. The first-order valence-electron chi connectivity index (χ1n) is 12.4. The lowest BCUT2D eigenvalue weighted by molar-refractivity contribution is -0.118. The Morgan fingerprint density at radius 2 is 1.89 bits per heavy atom. The number of rotatable bonds is 10. The number of thiophene rings is 1. The number of aromatic nitrogens is 2. The van der Waals surface area contributed by atoms with Gasteiger partial charge in [0.25, 0.3) is 0 Å². The zero-order valence-corrected chi connectivity index (χ0v) is 22.6. The van der Waals surface area contributed by atoms with Crippen molar-refractivity contribution in [2.24, 2.45) is 0 Å². The van der Waals surface area contributed by atoms with Crippen molar-refractivity contribution in [2.75, 3.05) is 26.0 Å². The maximum Gasteiger partial charge on any atom is 0.216 e. The molecule has 0 aliphatic heterocycles. The molecule has 0 radical (unpaired) electrons. The molecule has 0 saturated carbocycles. The van der Waals surface area contributed by atoms with Crippen molar-refractivity contribution in [3.8, 4) is 10.4 Å². The van der Waals surface area contributed by atoms with Gasteiger partial charge in [0, 0.05) is 35.2 Å². The molecule has 188 valence electrons. The van der Waals surface area contributed by atoms with Gasteiger partial charge in [-0.1, -0.05) is 30.3 Å². The van der Waals surface area contributed by atoms with Gasteiger partial charge in [0.05, 0.1) is 11.6 Å². The van der Waals surface area contributed by atoms with Crippen LogP contribution < -0.4 is 10.6 Å². The van der Waals surface area contributed by atoms with E-state index in [9.17, 15) is 4.79 Å². The molecule has 0 bridgehead atoms. The van der Waals surface area contributed by atoms with Gasteiger partial charge in [-0.15, -0.1) is 11.3 Å². The fraction of sp³-hybridized carbons (Fsp3) is 0.345. The van der Waals surface area contributed by atoms with Crippen LogP contribution in [0.2, 0.25) is 0 Å². The first kappa shape index (κ1) is 25.8. The lowest BCUT2D eigenvalue weighted by Gasteiger charge is -2.16. The van der Waals surface area contributed by atoms with Gasteiger partial charge in [0.1, 0.15) is 11.6 Å². The van der Waals surface area contributed by atoms with Crippen LogP contribution in [0.4, 0.5) is 5.82 Å². The Morgan fingerprint density at radius 3 is 2.67 bits per heavy atom. The van der Waals surface area contributed by atoms with Crippen molar-refractivity contribution in [1.82, 2.24) is 20.2 Å². The molecule has 0 aliphatic carbocycles. The van der Waals surface area contributed by atoms with Crippen LogP contribution >= 0.6 is 11.3 Å². The third kappa shape index (κ3) is 6.47. The van der Waals surface area contributed by atoms with Crippen LogP contribution in [0.5, 0.6) is 0 Å². The first-order chi connectivity index (χ1) is 17.3. The molecular formula is C29H35N5OS. The van der Waals surface area contributed by atoms with E-state index in [1.54, 1.807) is 6.92 Å². The quantitative estimate of drug-likeness (QED) is 0.262. The predicted molar refractivity (Wildman–Crippen MR) is 150 cm³/mol. The number of hydrogen-bond donors (Lipinski definition) is 2. The summed E-state index contributed by atoms with van der Waals surface area (Å²) in [4.78, 5) is 25.3. The molecule has 1 amide bonds. The van der Waals surface area contributed by atoms with Crippen LogP contribution in [0.3, 0.4) is 0 Å². The van der Waals surface area contributed by atoms with E-state index in [0.29, 0.717) is 6.54 Å². The number of anilines is 1. The summed E-state index contributed by atoms with van der Waals surface area (Å²) in [5.41, 5.74) is 4.78. The molecule has 0 aliphatic rings. The summed E-state index contributed by atoms with van der Waals surface area (Å²) in [6.07, 6.45) is 1.78. The first-order valence-corrected chi connectivity index (χ1v) is 13.2. The molecule has 36 heavy (non-hydrogen) atoms. The number of carbonyl (C=O) groups excluding carboxylic acids is 1. The molecule has 7 heteroatoms. The molecule has 2 N–H and O–H groups in total. The highest BCUT2D eigenvalue weighted by Gasteiger charge is 2.15. The normalized spacial score (nSPS) is 12.2. The summed E-state index contributed by atoms with van der Waals surface area (Å²) >= 11 is 1.82. The average molecular weight is 502 g/mol. The summed E-state index contributed by atoms with van der Waals surface area (Å²) in [6.45, 7) is 7.26. The molecule has 6 nitrogen and oxygen atoms in total. The van der Waals surface area contributed by atoms with E-state index in [1.165, 1.54) is 26.4 Å². The molecule has 0 saturated heterocycles. The van der Waals surface area contributed by atoms with Crippen molar-refractivity contribution in [2.45, 2.75) is 46.2 Å². The zero-order valence-electron chi connectivity index (χ0n) is 21.8. The summed E-state index contributed by atoms with van der Waals surface area (Å²) in [5, 5.41) is 7.55. The predicted octanol–water partition coefficient (Wildman–Crippen LogP) is 5.97. The molecule has 4 rings (SSSR count). The Hall–Kier alpha value is -3.29. The zero-order chi connectivity index (χ0) is 25.7. The van der Waals surface area contributed by atoms with Crippen molar-refractivity contribution in [3.63, 3.8) is 0 Å². The highest BCUT2D eigenvalue weighted by atomic mass is 32.1. The van der Waals surface area contributed by atoms with E-state index in [-0.39, 0.29) is 11.9 Å². The van der Waals surface area contributed by atoms with E-state index in [0.717, 1.165) is 41.9 Å². The fourth-order valence-corrected chi connectivity index (χ4v) is 5.43. The molecule has 2 aromatic carbocycles. The van der Waals surface area contributed by atoms with Crippen molar-refractivity contribution < 1.29 is 4.79 Å². The molecular weight excluding hydrogens is 466 g/mol. The van der Waals surface area contributed by atoms with E-state index in [4.69, 9.17) is 4.98 Å². The number of hydrogen-bond acceptors (Lipinski definition) is 6. The highest BCUT2D eigenvalue weighted by Crippen LogP contribution is 2.35. The minimum atomic E-state index is 0.00998. The van der Waals surface area contributed by atoms with Gasteiger partial charge in [0.2, 0.25) is 5.91 Å². The largest absolute Gasteiger partial charge is 0.362 e. The van der Waals surface area contributed by atoms with Crippen LogP contribution in [0.15, 0.2) is 54.6 Å². The lowest BCUT2D eigenvalue weighted by atomic mass is 10.1. The third-order valence-corrected chi connectivity index (χ3v) is 7.37. The molecule has 0 fully saturated rings. The summed E-state index contributed by atoms with van der Waals surface area (Å²) < 4.78 is 0. The number of nitrogens with one attached hydrogen (secondary N) is 2. The standard InChI is InChI=1S/C29H35N5OS/c1-19(27-14-15-28(36-27)24-11-7-6-10-23(24)18-34(4)5)31-29-25-17-22(9-8-16-30-21(3)35)12-13-26(25)32-20(2)33-29/h6-7,10-15,17,19H,8-9,16,18H2,1-5H3,(H,30,35)(H,31,32,33). The van der Waals surface area contributed by atoms with E-state index < -0.39 is 0 Å². The van der Waals surface area contributed by atoms with Gasteiger partial charge in [-0.3, -0.25) is 4.79 Å². The maximum atomic E-state index is 11.1. The summed E-state index contributed by atoms with van der Waals surface area (Å²) in [6, 6.07) is 19.5. The minimum absolute atomic E-state index is 0.00998. The number of aryl methyl sites for hydroxylation is 2. The molecule has 2 heterocycles. The number of amides is 1. The number of nitrogens with zero attached hydrogens (tertiary/aromatic N) is 3. The summed E-state index contributed by atoms with van der Waals surface area (Å²) in [7, 11) is 4.20. The Labute approximate surface area is 217 Å². The minimum Gasteiger partial charge on any atom is -0.362 e. The Balaban J connectivity index is 1.55. The van der Waals surface area contributed by atoms with Crippen molar-refractivity contribution in [1.29, 1.82) is 0 Å². The third-order valence-electron chi connectivity index (χ3n) is 6.06. The van der Waals surface area contributed by atoms with E-state index >= 15 is 0 Å². The Bertz CT molecular complexity index is 1350. The average Bonchev–Trinajstić information content (AvgIpc) is 3.32. The van der Waals surface area contributed by atoms with Crippen LogP contribution in [0.25, 0.3) is 21.3 Å². The Kier molecular flexibility index (Phi) is 8.33. The van der Waals surface area contributed by atoms with Crippen LogP contribution in [-0.2, 0) is 17.8 Å². The summed E-state index contributed by atoms with van der Waals surface area (Å²) in [5.74, 6) is 1.62. The molecule has 1 unspecified atom stereocenters. The van der Waals surface area contributed by atoms with E-state index in [2.05, 4.69) is 96.1 Å². The van der Waals surface area contributed by atoms with Crippen molar-refractivity contribution in [3.05, 3.63) is 76.4 Å². The topological polar surface area (TPSA) is 70.1 Å². The van der Waals surface area contributed by atoms with Gasteiger partial charge in [0.15, 0.2) is 0 Å². The second kappa shape index (κ2) is 11.6. The highest BCUT2D eigenvalue weighted by molar-refractivity contribution is 7.15. The molecule has 2 aromatic heterocycles. The van der Waals surface area contributed by atoms with Crippen LogP contribution in [-0.4, -0.2) is 41.4 Å². The Morgan fingerprint density at radius 1 is 1.08 bits per heavy atom. The smallest absolute Gasteiger partial charge is 0.216 e. The number of carbonyl (C=O) groups is 1. The maximum absolute atomic E-state index is 11.1. The van der Waals surface area contributed by atoms with Gasteiger partial charge in [-0.2, -0.15) is 0 Å². The van der Waals surface area contributed by atoms with Gasteiger partial charge in [-0.05, 0) is 81.7 Å². The number of benzene rings is 2. The molecule has 4 aromatic rings. The van der Waals surface area contributed by atoms with Gasteiger partial charge < -0.3 is 15.5 Å². The lowest BCUT2D eigenvalue weighted by Crippen LogP contribution is -2.21. The molecule has 0 spiro atoms. The van der Waals surface area contributed by atoms with E-state index in [1.807, 2.05) is 18.3 Å². The van der Waals surface area contributed by atoms with Gasteiger partial charge >= 0.3 is 0 Å². The second-order valence-corrected chi connectivity index (χ2v) is 10.6. The van der Waals surface area contributed by atoms with Gasteiger partial charge in [-0.25, -0.2) is 9.97 Å². The SMILES string of the molecule is CC(=O)NCCCc1ccc2nc(C)nc(NC(C)c3ccc(-c4ccccc4CN(C)C)s3)c2c1. The number of fused-ring (bicyclic) bond motifs is 1. The fourth-order valence-electron chi connectivity index (χ4n) is 4.36. The molecule has 1 atom stereocenters.